The molecule has 0 aromatic carbocycles. The first kappa shape index (κ1) is 11.3. The van der Waals surface area contributed by atoms with Gasteiger partial charge in [-0.3, -0.25) is 15.7 Å². The highest BCUT2D eigenvalue weighted by atomic mass is 16.5. The van der Waals surface area contributed by atoms with Crippen LogP contribution in [0.15, 0.2) is 18.3 Å². The zero-order valence-corrected chi connectivity index (χ0v) is 9.52. The Hall–Kier alpha value is -1.17. The molecule has 3 N–H and O–H groups in total. The molecule has 0 saturated carbocycles. The molecule has 0 radical (unpaired) electrons. The van der Waals surface area contributed by atoms with Crippen LogP contribution in [0, 0.1) is 0 Å². The molecular weight excluding hydrogens is 204 g/mol. The minimum atomic E-state index is 0.310. The van der Waals surface area contributed by atoms with Gasteiger partial charge >= 0.3 is 0 Å². The molecule has 0 aliphatic carbocycles. The highest BCUT2D eigenvalue weighted by molar-refractivity contribution is 5.41. The van der Waals surface area contributed by atoms with Gasteiger partial charge in [-0.25, -0.2) is 0 Å². The van der Waals surface area contributed by atoms with Crippen LogP contribution < -0.4 is 11.3 Å². The minimum absolute atomic E-state index is 0.310. The topological polar surface area (TPSA) is 63.4 Å². The Bertz CT molecular complexity index is 345. The summed E-state index contributed by atoms with van der Waals surface area (Å²) in [5.41, 5.74) is 4.56. The van der Waals surface area contributed by atoms with Crippen molar-refractivity contribution in [2.24, 2.45) is 5.84 Å². The van der Waals surface area contributed by atoms with Crippen molar-refractivity contribution in [2.75, 3.05) is 25.1 Å². The monoisotopic (exact) mass is 222 g/mol. The quantitative estimate of drug-likeness (QED) is 0.579. The van der Waals surface area contributed by atoms with Crippen molar-refractivity contribution in [1.82, 2.24) is 9.88 Å². The molecule has 16 heavy (non-hydrogen) atoms. The van der Waals surface area contributed by atoms with Crippen molar-refractivity contribution in [3.63, 3.8) is 0 Å². The van der Waals surface area contributed by atoms with Gasteiger partial charge in [-0.1, -0.05) is 0 Å². The van der Waals surface area contributed by atoms with Crippen molar-refractivity contribution in [2.45, 2.75) is 19.6 Å². The Labute approximate surface area is 95.6 Å². The first-order valence-electron chi connectivity index (χ1n) is 5.53. The average molecular weight is 222 g/mol. The van der Waals surface area contributed by atoms with Crippen molar-refractivity contribution in [3.05, 3.63) is 24.0 Å². The number of ether oxygens (including phenoxy) is 1. The van der Waals surface area contributed by atoms with E-state index in [0.717, 1.165) is 37.6 Å². The maximum absolute atomic E-state index is 5.50. The average Bonchev–Trinajstić information content (AvgIpc) is 2.29. The molecule has 5 nitrogen and oxygen atoms in total. The number of hydrazine groups is 1. The Morgan fingerprint density at radius 3 is 3.31 bits per heavy atom. The van der Waals surface area contributed by atoms with E-state index in [0.29, 0.717) is 6.10 Å². The summed E-state index contributed by atoms with van der Waals surface area (Å²) in [4.78, 5) is 6.67. The van der Waals surface area contributed by atoms with Gasteiger partial charge in [0.1, 0.15) is 0 Å². The largest absolute Gasteiger partial charge is 0.376 e. The second kappa shape index (κ2) is 5.25. The summed E-state index contributed by atoms with van der Waals surface area (Å²) in [5, 5.41) is 0. The predicted molar refractivity (Wildman–Crippen MR) is 62.7 cm³/mol. The summed E-state index contributed by atoms with van der Waals surface area (Å²) in [5.74, 6) is 5.36. The maximum atomic E-state index is 5.50. The number of aromatic nitrogens is 1. The van der Waals surface area contributed by atoms with Crippen molar-refractivity contribution in [3.8, 4) is 0 Å². The number of rotatable bonds is 3. The van der Waals surface area contributed by atoms with E-state index in [1.807, 2.05) is 12.1 Å². The summed E-state index contributed by atoms with van der Waals surface area (Å²) in [6.07, 6.45) is 2.08. The van der Waals surface area contributed by atoms with Crippen LogP contribution in [0.4, 0.5) is 5.69 Å². The molecule has 0 bridgehead atoms. The van der Waals surface area contributed by atoms with Crippen molar-refractivity contribution in [1.29, 1.82) is 0 Å². The predicted octanol–water partition coefficient (Wildman–Crippen LogP) is 0.588. The van der Waals surface area contributed by atoms with E-state index >= 15 is 0 Å². The molecule has 0 spiro atoms. The summed E-state index contributed by atoms with van der Waals surface area (Å²) in [6, 6.07) is 3.82. The van der Waals surface area contributed by atoms with E-state index in [1.165, 1.54) is 0 Å². The summed E-state index contributed by atoms with van der Waals surface area (Å²) in [7, 11) is 0. The van der Waals surface area contributed by atoms with Crippen LogP contribution in [0.3, 0.4) is 0 Å². The Kier molecular flexibility index (Phi) is 3.71. The number of nitrogens with zero attached hydrogens (tertiary/aromatic N) is 2. The SMILES string of the molecule is CC1CN(Cc2cc(NN)ccn2)CCO1. The van der Waals surface area contributed by atoms with E-state index in [2.05, 4.69) is 22.2 Å². The van der Waals surface area contributed by atoms with Gasteiger partial charge in [0.2, 0.25) is 0 Å². The maximum Gasteiger partial charge on any atom is 0.0674 e. The number of hydrogen-bond donors (Lipinski definition) is 2. The van der Waals surface area contributed by atoms with Gasteiger partial charge in [0.15, 0.2) is 0 Å². The summed E-state index contributed by atoms with van der Waals surface area (Å²) >= 11 is 0. The molecule has 5 heteroatoms. The molecule has 1 aliphatic rings. The minimum Gasteiger partial charge on any atom is -0.376 e. The van der Waals surface area contributed by atoms with Crippen molar-refractivity contribution >= 4 is 5.69 Å². The molecule has 1 unspecified atom stereocenters. The van der Waals surface area contributed by atoms with Crippen LogP contribution in [0.5, 0.6) is 0 Å². The van der Waals surface area contributed by atoms with Gasteiger partial charge in [-0.2, -0.15) is 0 Å². The Morgan fingerprint density at radius 1 is 1.69 bits per heavy atom. The van der Waals surface area contributed by atoms with Crippen LogP contribution in [-0.2, 0) is 11.3 Å². The molecule has 2 rings (SSSR count). The molecule has 2 heterocycles. The number of nitrogen functional groups attached to an aromatic ring is 1. The third-order valence-electron chi connectivity index (χ3n) is 2.69. The van der Waals surface area contributed by atoms with E-state index in [-0.39, 0.29) is 0 Å². The molecular formula is C11H18N4O. The Morgan fingerprint density at radius 2 is 2.56 bits per heavy atom. The number of morpholine rings is 1. The smallest absolute Gasteiger partial charge is 0.0674 e. The third-order valence-corrected chi connectivity index (χ3v) is 2.69. The van der Waals surface area contributed by atoms with Crippen LogP contribution in [0.2, 0.25) is 0 Å². The summed E-state index contributed by atoms with van der Waals surface area (Å²) < 4.78 is 5.50. The van der Waals surface area contributed by atoms with Gasteiger partial charge in [-0.15, -0.1) is 0 Å². The first-order chi connectivity index (χ1) is 7.78. The number of anilines is 1. The zero-order valence-electron chi connectivity index (χ0n) is 9.52. The third kappa shape index (κ3) is 2.91. The van der Waals surface area contributed by atoms with Crippen molar-refractivity contribution < 1.29 is 4.74 Å². The highest BCUT2D eigenvalue weighted by Crippen LogP contribution is 2.11. The molecule has 0 amide bonds. The van der Waals surface area contributed by atoms with Gasteiger partial charge in [-0.05, 0) is 19.1 Å². The Balaban J connectivity index is 1.97. The van der Waals surface area contributed by atoms with Gasteiger partial charge in [0.25, 0.3) is 0 Å². The molecule has 1 atom stereocenters. The molecule has 1 aromatic rings. The van der Waals surface area contributed by atoms with Gasteiger partial charge in [0, 0.05) is 25.8 Å². The molecule has 1 aromatic heterocycles. The highest BCUT2D eigenvalue weighted by Gasteiger charge is 2.16. The van der Waals surface area contributed by atoms with E-state index in [9.17, 15) is 0 Å². The van der Waals surface area contributed by atoms with Crippen LogP contribution in [0.25, 0.3) is 0 Å². The van der Waals surface area contributed by atoms with Crippen LogP contribution >= 0.6 is 0 Å². The molecule has 1 saturated heterocycles. The lowest BCUT2D eigenvalue weighted by molar-refractivity contribution is -0.0215. The zero-order chi connectivity index (χ0) is 11.4. The van der Waals surface area contributed by atoms with E-state index in [1.54, 1.807) is 6.20 Å². The fourth-order valence-corrected chi connectivity index (χ4v) is 1.92. The normalized spacial score (nSPS) is 22.0. The molecule has 88 valence electrons. The second-order valence-electron chi connectivity index (χ2n) is 4.10. The lowest BCUT2D eigenvalue weighted by Gasteiger charge is -2.30. The fraction of sp³-hybridized carbons (Fsp3) is 0.545. The van der Waals surface area contributed by atoms with E-state index in [4.69, 9.17) is 10.6 Å². The van der Waals surface area contributed by atoms with E-state index < -0.39 is 0 Å². The standard InChI is InChI=1S/C11H18N4O/c1-9-7-15(4-5-16-9)8-11-6-10(14-12)2-3-13-11/h2-3,6,9H,4-5,7-8,12H2,1H3,(H,13,14). The number of nitrogens with one attached hydrogen (secondary N) is 1. The second-order valence-corrected chi connectivity index (χ2v) is 4.10. The molecule has 1 aliphatic heterocycles. The number of hydrogen-bond acceptors (Lipinski definition) is 5. The number of nitrogens with two attached hydrogens (primary N) is 1. The first-order valence-corrected chi connectivity index (χ1v) is 5.53. The van der Waals surface area contributed by atoms with Crippen LogP contribution in [0.1, 0.15) is 12.6 Å². The van der Waals surface area contributed by atoms with Gasteiger partial charge < -0.3 is 10.2 Å². The lowest BCUT2D eigenvalue weighted by Crippen LogP contribution is -2.40. The fourth-order valence-electron chi connectivity index (χ4n) is 1.92. The number of pyridine rings is 1. The van der Waals surface area contributed by atoms with Crippen LogP contribution in [-0.4, -0.2) is 35.7 Å². The summed E-state index contributed by atoms with van der Waals surface area (Å²) in [6.45, 7) is 5.67. The molecule has 1 fully saturated rings. The lowest BCUT2D eigenvalue weighted by atomic mass is 10.2. The van der Waals surface area contributed by atoms with Gasteiger partial charge in [0.05, 0.1) is 24.1 Å².